The summed E-state index contributed by atoms with van der Waals surface area (Å²) in [6.45, 7) is 2.43. The molecule has 0 aliphatic carbocycles. The Bertz CT molecular complexity index is 573. The molecule has 1 heterocycles. The molecule has 5 heteroatoms. The summed E-state index contributed by atoms with van der Waals surface area (Å²) < 4.78 is 0.676. The first kappa shape index (κ1) is 13.2. The van der Waals surface area contributed by atoms with Crippen LogP contribution >= 0.6 is 27.5 Å². The second-order valence-corrected chi connectivity index (χ2v) is 5.16. The monoisotopic (exact) mass is 326 g/mol. The number of anilines is 1. The maximum absolute atomic E-state index is 9.86. The summed E-state index contributed by atoms with van der Waals surface area (Å²) in [5, 5.41) is 13.5. The average Bonchev–Trinajstić information content (AvgIpc) is 2.35. The quantitative estimate of drug-likeness (QED) is 0.833. The number of phenols is 1. The van der Waals surface area contributed by atoms with Gasteiger partial charge in [0.15, 0.2) is 5.15 Å². The molecule has 0 spiro atoms. The van der Waals surface area contributed by atoms with Gasteiger partial charge in [-0.25, -0.2) is 4.98 Å². The van der Waals surface area contributed by atoms with Crippen molar-refractivity contribution in [3.05, 3.63) is 51.2 Å². The third-order valence-electron chi connectivity index (χ3n) is 2.52. The molecule has 1 aromatic carbocycles. The minimum absolute atomic E-state index is 0.238. The zero-order valence-corrected chi connectivity index (χ0v) is 12.1. The Labute approximate surface area is 119 Å². The molecule has 0 unspecified atom stereocenters. The minimum Gasteiger partial charge on any atom is -0.506 e. The molecular weight excluding hydrogens is 316 g/mol. The van der Waals surface area contributed by atoms with Crippen molar-refractivity contribution in [2.75, 3.05) is 5.32 Å². The van der Waals surface area contributed by atoms with Crippen LogP contribution in [0.25, 0.3) is 0 Å². The van der Waals surface area contributed by atoms with Gasteiger partial charge in [-0.1, -0.05) is 23.7 Å². The zero-order valence-electron chi connectivity index (χ0n) is 9.74. The van der Waals surface area contributed by atoms with Crippen LogP contribution in [0.1, 0.15) is 11.1 Å². The fourth-order valence-electron chi connectivity index (χ4n) is 1.57. The molecule has 0 saturated heterocycles. The topological polar surface area (TPSA) is 45.2 Å². The fourth-order valence-corrected chi connectivity index (χ4v) is 2.15. The number of aryl methyl sites for hydroxylation is 1. The first-order valence-corrected chi connectivity index (χ1v) is 6.57. The van der Waals surface area contributed by atoms with E-state index in [0.717, 1.165) is 16.8 Å². The van der Waals surface area contributed by atoms with Gasteiger partial charge in [-0.05, 0) is 40.5 Å². The Hall–Kier alpha value is -1.26. The van der Waals surface area contributed by atoms with E-state index in [4.69, 9.17) is 11.6 Å². The normalized spacial score (nSPS) is 10.4. The second-order valence-electron chi connectivity index (χ2n) is 3.95. The molecule has 0 aliphatic heterocycles. The van der Waals surface area contributed by atoms with E-state index < -0.39 is 0 Å². The van der Waals surface area contributed by atoms with Crippen molar-refractivity contribution in [3.63, 3.8) is 0 Å². The third-order valence-corrected chi connectivity index (χ3v) is 3.46. The number of phenolic OH excluding ortho intramolecular Hbond substituents is 1. The van der Waals surface area contributed by atoms with Crippen molar-refractivity contribution in [2.45, 2.75) is 13.5 Å². The number of rotatable bonds is 3. The van der Waals surface area contributed by atoms with Gasteiger partial charge in [0.05, 0.1) is 10.2 Å². The predicted octanol–water partition coefficient (Wildman–Crippen LogP) is 4.12. The Balaban J connectivity index is 2.16. The number of halogens is 2. The van der Waals surface area contributed by atoms with Crippen molar-refractivity contribution in [1.29, 1.82) is 0 Å². The van der Waals surface area contributed by atoms with E-state index in [2.05, 4.69) is 26.2 Å². The van der Waals surface area contributed by atoms with E-state index in [-0.39, 0.29) is 5.75 Å². The van der Waals surface area contributed by atoms with Crippen LogP contribution in [0.5, 0.6) is 5.75 Å². The molecule has 0 amide bonds. The van der Waals surface area contributed by atoms with E-state index >= 15 is 0 Å². The first-order valence-electron chi connectivity index (χ1n) is 5.40. The largest absolute Gasteiger partial charge is 0.506 e. The van der Waals surface area contributed by atoms with Crippen molar-refractivity contribution >= 4 is 33.2 Å². The van der Waals surface area contributed by atoms with Gasteiger partial charge in [0.25, 0.3) is 0 Å². The highest BCUT2D eigenvalue weighted by atomic mass is 79.9. The summed E-state index contributed by atoms with van der Waals surface area (Å²) in [5.41, 5.74) is 2.58. The predicted molar refractivity (Wildman–Crippen MR) is 77.1 cm³/mol. The number of pyridine rings is 1. The highest BCUT2D eigenvalue weighted by molar-refractivity contribution is 9.10. The van der Waals surface area contributed by atoms with Crippen LogP contribution < -0.4 is 5.32 Å². The average molecular weight is 328 g/mol. The minimum atomic E-state index is 0.238. The van der Waals surface area contributed by atoms with Crippen LogP contribution in [0.4, 0.5) is 5.69 Å². The highest BCUT2D eigenvalue weighted by Crippen LogP contribution is 2.28. The summed E-state index contributed by atoms with van der Waals surface area (Å²) in [6, 6.07) is 7.44. The zero-order chi connectivity index (χ0) is 13.1. The van der Waals surface area contributed by atoms with E-state index in [9.17, 15) is 5.11 Å². The lowest BCUT2D eigenvalue weighted by Gasteiger charge is -2.10. The summed E-state index contributed by atoms with van der Waals surface area (Å²) in [5.74, 6) is 0.238. The van der Waals surface area contributed by atoms with Crippen LogP contribution in [0.3, 0.4) is 0 Å². The fraction of sp³-hybridized carbons (Fsp3) is 0.154. The summed E-state index contributed by atoms with van der Waals surface area (Å²) in [7, 11) is 0. The molecule has 2 aromatic rings. The lowest BCUT2D eigenvalue weighted by Crippen LogP contribution is -2.01. The van der Waals surface area contributed by atoms with E-state index in [1.165, 1.54) is 0 Å². The molecule has 0 aliphatic rings. The molecule has 18 heavy (non-hydrogen) atoms. The number of nitrogens with one attached hydrogen (secondary N) is 1. The Morgan fingerprint density at radius 2 is 2.22 bits per heavy atom. The number of hydrogen-bond donors (Lipinski definition) is 2. The summed E-state index contributed by atoms with van der Waals surface area (Å²) in [4.78, 5) is 4.06. The van der Waals surface area contributed by atoms with Crippen molar-refractivity contribution in [3.8, 4) is 5.75 Å². The first-order chi connectivity index (χ1) is 8.58. The van der Waals surface area contributed by atoms with Crippen molar-refractivity contribution in [1.82, 2.24) is 4.98 Å². The van der Waals surface area contributed by atoms with Gasteiger partial charge >= 0.3 is 0 Å². The molecule has 2 N–H and O–H groups in total. The molecule has 0 bridgehead atoms. The van der Waals surface area contributed by atoms with E-state index in [0.29, 0.717) is 16.2 Å². The van der Waals surface area contributed by atoms with Crippen molar-refractivity contribution in [2.24, 2.45) is 0 Å². The lowest BCUT2D eigenvalue weighted by molar-refractivity contribution is 0.465. The molecular formula is C13H12BrClN2O. The van der Waals surface area contributed by atoms with Gasteiger partial charge in [0.2, 0.25) is 0 Å². The molecule has 0 saturated carbocycles. The van der Waals surface area contributed by atoms with Gasteiger partial charge in [0, 0.05) is 18.3 Å². The van der Waals surface area contributed by atoms with Gasteiger partial charge in [-0.3, -0.25) is 0 Å². The summed E-state index contributed by atoms with van der Waals surface area (Å²) >= 11 is 9.27. The lowest BCUT2D eigenvalue weighted by atomic mass is 10.2. The Morgan fingerprint density at radius 3 is 3.00 bits per heavy atom. The molecule has 94 valence electrons. The standard InChI is InChI=1S/C13H12BrClN2O/c1-8-5-11(13(15)17-6-8)16-7-9-3-2-4-10(14)12(9)18/h2-6,16,18H,7H2,1H3. The van der Waals surface area contributed by atoms with E-state index in [1.54, 1.807) is 12.3 Å². The maximum atomic E-state index is 9.86. The molecule has 3 nitrogen and oxygen atoms in total. The number of hydrogen-bond acceptors (Lipinski definition) is 3. The number of aromatic nitrogens is 1. The number of para-hydroxylation sites is 1. The molecule has 0 radical (unpaired) electrons. The number of aromatic hydroxyl groups is 1. The Kier molecular flexibility index (Phi) is 4.09. The van der Waals surface area contributed by atoms with E-state index in [1.807, 2.05) is 25.1 Å². The van der Waals surface area contributed by atoms with Crippen LogP contribution in [-0.4, -0.2) is 10.1 Å². The second kappa shape index (κ2) is 5.59. The third kappa shape index (κ3) is 2.94. The SMILES string of the molecule is Cc1cnc(Cl)c(NCc2cccc(Br)c2O)c1. The van der Waals surface area contributed by atoms with Gasteiger partial charge < -0.3 is 10.4 Å². The van der Waals surface area contributed by atoms with Crippen molar-refractivity contribution < 1.29 is 5.11 Å². The maximum Gasteiger partial charge on any atom is 0.152 e. The van der Waals surface area contributed by atoms with Crippen LogP contribution in [0.15, 0.2) is 34.9 Å². The number of benzene rings is 1. The van der Waals surface area contributed by atoms with Crippen LogP contribution in [0.2, 0.25) is 5.15 Å². The molecule has 0 atom stereocenters. The smallest absolute Gasteiger partial charge is 0.152 e. The summed E-state index contributed by atoms with van der Waals surface area (Å²) in [6.07, 6.45) is 1.71. The van der Waals surface area contributed by atoms with Gasteiger partial charge in [-0.2, -0.15) is 0 Å². The highest BCUT2D eigenvalue weighted by Gasteiger charge is 2.06. The van der Waals surface area contributed by atoms with Crippen LogP contribution in [0, 0.1) is 6.92 Å². The Morgan fingerprint density at radius 1 is 1.44 bits per heavy atom. The molecule has 0 fully saturated rings. The number of nitrogens with zero attached hydrogens (tertiary/aromatic N) is 1. The molecule has 2 rings (SSSR count). The van der Waals surface area contributed by atoms with Gasteiger partial charge in [-0.15, -0.1) is 0 Å². The van der Waals surface area contributed by atoms with Crippen LogP contribution in [-0.2, 0) is 6.54 Å². The molecule has 1 aromatic heterocycles. The van der Waals surface area contributed by atoms with Gasteiger partial charge in [0.1, 0.15) is 5.75 Å².